The van der Waals surface area contributed by atoms with Crippen molar-refractivity contribution in [2.75, 3.05) is 4.90 Å². The molecular formula is C65H43NO. The van der Waals surface area contributed by atoms with Crippen molar-refractivity contribution in [3.05, 3.63) is 283 Å². The lowest BCUT2D eigenvalue weighted by molar-refractivity contribution is 0.673. The number of nitrogens with zero attached hydrogens (tertiary/aromatic N) is 1. The third-order valence-electron chi connectivity index (χ3n) is 13.6. The first-order chi connectivity index (χ1) is 34.9. The van der Waals surface area contributed by atoms with E-state index in [0.717, 1.165) is 82.8 Å². The van der Waals surface area contributed by atoms with Gasteiger partial charge < -0.3 is 9.32 Å². The molecule has 0 saturated heterocycles. The summed E-state index contributed by atoms with van der Waals surface area (Å²) < 4.78 is 45.6. The van der Waals surface area contributed by atoms with Gasteiger partial charge in [0, 0.05) is 33.2 Å². The van der Waals surface area contributed by atoms with Crippen LogP contribution in [0.4, 0.5) is 17.1 Å². The van der Waals surface area contributed by atoms with Crippen molar-refractivity contribution in [2.24, 2.45) is 0 Å². The van der Waals surface area contributed by atoms with Crippen LogP contribution in [0.2, 0.25) is 0 Å². The molecule has 0 spiro atoms. The Morgan fingerprint density at radius 1 is 0.358 bits per heavy atom. The van der Waals surface area contributed by atoms with E-state index in [1.54, 1.807) is 0 Å². The molecule has 0 bridgehead atoms. The van der Waals surface area contributed by atoms with Gasteiger partial charge >= 0.3 is 0 Å². The highest BCUT2D eigenvalue weighted by Crippen LogP contribution is 2.57. The molecule has 1 heterocycles. The summed E-state index contributed by atoms with van der Waals surface area (Å²) in [5, 5.41) is 4.25. The minimum absolute atomic E-state index is 0.113. The first kappa shape index (κ1) is 34.7. The van der Waals surface area contributed by atoms with Gasteiger partial charge in [0.1, 0.15) is 11.2 Å². The van der Waals surface area contributed by atoms with Gasteiger partial charge in [-0.15, -0.1) is 0 Å². The van der Waals surface area contributed by atoms with Crippen LogP contribution in [-0.2, 0) is 5.41 Å². The van der Waals surface area contributed by atoms with E-state index >= 15 is 0 Å². The summed E-state index contributed by atoms with van der Waals surface area (Å²) in [7, 11) is 0. The molecule has 314 valence electrons. The summed E-state index contributed by atoms with van der Waals surface area (Å²) in [4.78, 5) is 1.91. The zero-order valence-electron chi connectivity index (χ0n) is 40.4. The van der Waals surface area contributed by atoms with Crippen molar-refractivity contribution in [3.8, 4) is 44.5 Å². The number of hydrogen-bond acceptors (Lipinski definition) is 2. The van der Waals surface area contributed by atoms with Crippen LogP contribution in [0.5, 0.6) is 0 Å². The third-order valence-corrected chi connectivity index (χ3v) is 13.6. The van der Waals surface area contributed by atoms with Crippen LogP contribution in [0.1, 0.15) is 27.7 Å². The van der Waals surface area contributed by atoms with E-state index in [1.807, 2.05) is 108 Å². The van der Waals surface area contributed by atoms with Crippen LogP contribution in [0.15, 0.2) is 265 Å². The third kappa shape index (κ3) is 6.26. The van der Waals surface area contributed by atoms with Gasteiger partial charge in [0.2, 0.25) is 0 Å². The molecule has 1 aromatic heterocycles. The topological polar surface area (TPSA) is 16.4 Å². The van der Waals surface area contributed by atoms with Crippen molar-refractivity contribution in [1.82, 2.24) is 0 Å². The van der Waals surface area contributed by atoms with Crippen LogP contribution in [0.25, 0.3) is 77.2 Å². The van der Waals surface area contributed by atoms with E-state index in [0.29, 0.717) is 16.9 Å². The molecule has 67 heavy (non-hydrogen) atoms. The minimum atomic E-state index is -0.706. The normalized spacial score (nSPS) is 13.4. The van der Waals surface area contributed by atoms with Gasteiger partial charge in [0.15, 0.2) is 0 Å². The highest BCUT2D eigenvalue weighted by Gasteiger charge is 2.46. The smallest absolute Gasteiger partial charge is 0.143 e. The van der Waals surface area contributed by atoms with Crippen LogP contribution >= 0.6 is 0 Å². The van der Waals surface area contributed by atoms with Gasteiger partial charge in [-0.05, 0) is 121 Å². The molecule has 0 amide bonds. The molecule has 2 heteroatoms. The molecular weight excluding hydrogens is 811 g/mol. The Hall–Kier alpha value is -8.72. The molecule has 1 aliphatic carbocycles. The molecule has 13 rings (SSSR count). The SMILES string of the molecule is [2H]c1c([2H])c(N(c2ccc(-c3cccc4oc5c6ccccc6ccc5c34)cc2)c2ccc3c(c2)C(c2ccccc2)(c2ccccc2)c2ccccc2-3)c([2H])c([2H])c1-c1ccc(-c2ccccc2)cc1. The van der Waals surface area contributed by atoms with E-state index < -0.39 is 5.41 Å². The fourth-order valence-electron chi connectivity index (χ4n) is 10.6. The standard InChI is InChI=1S/C65H43NO/c1-4-15-44(16-5-1)45-27-29-46(30-28-45)47-31-36-52(37-32-47)66(53-38-33-49(34-39-53)55-24-14-26-62-63(55)59-41-35-48-17-10-11-22-56(48)64(59)67-62)54-40-42-58-57-23-12-13-25-60(57)65(61(58)43-54,50-18-6-2-7-19-50)51-20-8-3-9-21-51/h1-43H/i31D,32D,36D,37D. The van der Waals surface area contributed by atoms with E-state index in [-0.39, 0.29) is 35.4 Å². The van der Waals surface area contributed by atoms with Crippen molar-refractivity contribution >= 4 is 49.8 Å². The number of anilines is 3. The van der Waals surface area contributed by atoms with Gasteiger partial charge in [0.05, 0.1) is 10.9 Å². The lowest BCUT2D eigenvalue weighted by atomic mass is 9.67. The number of fused-ring (bicyclic) bond motifs is 8. The zero-order valence-corrected chi connectivity index (χ0v) is 36.4. The fraction of sp³-hybridized carbons (Fsp3) is 0.0154. The quantitative estimate of drug-likeness (QED) is 0.151. The molecule has 0 N–H and O–H groups in total. The predicted molar refractivity (Wildman–Crippen MR) is 280 cm³/mol. The van der Waals surface area contributed by atoms with Gasteiger partial charge in [-0.3, -0.25) is 0 Å². The highest BCUT2D eigenvalue weighted by atomic mass is 16.3. The lowest BCUT2D eigenvalue weighted by Gasteiger charge is -2.35. The lowest BCUT2D eigenvalue weighted by Crippen LogP contribution is -2.28. The fourth-order valence-corrected chi connectivity index (χ4v) is 10.6. The monoisotopic (exact) mass is 857 g/mol. The van der Waals surface area contributed by atoms with Crippen molar-refractivity contribution in [3.63, 3.8) is 0 Å². The molecule has 0 fully saturated rings. The van der Waals surface area contributed by atoms with E-state index in [2.05, 4.69) is 133 Å². The van der Waals surface area contributed by atoms with Crippen molar-refractivity contribution in [1.29, 1.82) is 0 Å². The van der Waals surface area contributed by atoms with E-state index in [1.165, 1.54) is 5.56 Å². The second-order valence-corrected chi connectivity index (χ2v) is 17.3. The number of furan rings is 1. The van der Waals surface area contributed by atoms with Gasteiger partial charge in [-0.25, -0.2) is 0 Å². The van der Waals surface area contributed by atoms with E-state index in [4.69, 9.17) is 4.42 Å². The molecule has 0 aliphatic heterocycles. The summed E-state index contributed by atoms with van der Waals surface area (Å²) in [5.74, 6) is 0. The first-order valence-electron chi connectivity index (χ1n) is 24.8. The average Bonchev–Trinajstić information content (AvgIpc) is 3.97. The van der Waals surface area contributed by atoms with Crippen LogP contribution in [0.3, 0.4) is 0 Å². The average molecular weight is 858 g/mol. The van der Waals surface area contributed by atoms with E-state index in [9.17, 15) is 5.48 Å². The second kappa shape index (κ2) is 15.8. The maximum absolute atomic E-state index is 9.87. The Labute approximate surface area is 395 Å². The van der Waals surface area contributed by atoms with Crippen LogP contribution in [-0.4, -0.2) is 0 Å². The Morgan fingerprint density at radius 2 is 0.925 bits per heavy atom. The maximum Gasteiger partial charge on any atom is 0.143 e. The van der Waals surface area contributed by atoms with Gasteiger partial charge in [-0.1, -0.05) is 212 Å². The summed E-state index contributed by atoms with van der Waals surface area (Å²) in [6.45, 7) is 0. The van der Waals surface area contributed by atoms with Gasteiger partial charge in [0.25, 0.3) is 0 Å². The van der Waals surface area contributed by atoms with Crippen molar-refractivity contribution < 1.29 is 9.90 Å². The molecule has 0 radical (unpaired) electrons. The summed E-state index contributed by atoms with van der Waals surface area (Å²) in [6, 6.07) is 80.5. The summed E-state index contributed by atoms with van der Waals surface area (Å²) in [6.07, 6.45) is 0. The number of benzene rings is 11. The molecule has 1 aliphatic rings. The highest BCUT2D eigenvalue weighted by molar-refractivity contribution is 6.19. The van der Waals surface area contributed by atoms with Crippen LogP contribution < -0.4 is 4.90 Å². The Morgan fingerprint density at radius 3 is 1.66 bits per heavy atom. The zero-order chi connectivity index (χ0) is 47.8. The molecule has 0 atom stereocenters. The summed E-state index contributed by atoms with van der Waals surface area (Å²) >= 11 is 0. The Balaban J connectivity index is 1.02. The number of rotatable bonds is 8. The molecule has 2 nitrogen and oxygen atoms in total. The van der Waals surface area contributed by atoms with Crippen LogP contribution in [0, 0.1) is 0 Å². The second-order valence-electron chi connectivity index (χ2n) is 17.3. The minimum Gasteiger partial charge on any atom is -0.455 e. The largest absolute Gasteiger partial charge is 0.455 e. The first-order valence-corrected chi connectivity index (χ1v) is 22.8. The van der Waals surface area contributed by atoms with Crippen molar-refractivity contribution in [2.45, 2.75) is 5.41 Å². The number of hydrogen-bond donors (Lipinski definition) is 0. The predicted octanol–water partition coefficient (Wildman–Crippen LogP) is 17.6. The summed E-state index contributed by atoms with van der Waals surface area (Å²) in [5.41, 5.74) is 14.1. The Bertz CT molecular complexity index is 3950. The molecule has 12 aromatic rings. The Kier molecular flexibility index (Phi) is 8.15. The molecule has 0 unspecified atom stereocenters. The molecule has 11 aromatic carbocycles. The van der Waals surface area contributed by atoms with Gasteiger partial charge in [-0.2, -0.15) is 0 Å². The molecule has 0 saturated carbocycles. The maximum atomic E-state index is 9.87.